The summed E-state index contributed by atoms with van der Waals surface area (Å²) in [4.78, 5) is 36.7. The number of nitrogens with one attached hydrogen (secondary N) is 1. The van der Waals surface area contributed by atoms with Crippen LogP contribution in [0.3, 0.4) is 0 Å². The second-order valence-corrected chi connectivity index (χ2v) is 20.3. The predicted molar refractivity (Wildman–Crippen MR) is 195 cm³/mol. The Morgan fingerprint density at radius 1 is 1.00 bits per heavy atom. The first-order valence-corrected chi connectivity index (χ1v) is 20.1. The third-order valence-corrected chi connectivity index (χ3v) is 15.5. The summed E-state index contributed by atoms with van der Waals surface area (Å²) in [5.41, 5.74) is 1.32. The average molecular weight is 709 g/mol. The zero-order valence-electron chi connectivity index (χ0n) is 30.0. The van der Waals surface area contributed by atoms with Gasteiger partial charge in [0.15, 0.2) is 19.7 Å². The van der Waals surface area contributed by atoms with Crippen LogP contribution in [0.25, 0.3) is 5.76 Å². The summed E-state index contributed by atoms with van der Waals surface area (Å²) in [6.45, 7) is 10.3. The number of aliphatic hydroxyl groups is 1. The third kappa shape index (κ3) is 5.65. The summed E-state index contributed by atoms with van der Waals surface area (Å²) in [6.07, 6.45) is 4.02. The van der Waals surface area contributed by atoms with Crippen molar-refractivity contribution in [3.63, 3.8) is 0 Å². The maximum Gasteiger partial charge on any atom is 0.265 e. The second-order valence-electron chi connectivity index (χ2n) is 15.6. The lowest BCUT2D eigenvalue weighted by Gasteiger charge is -2.55. The molecule has 4 aromatic rings. The van der Waals surface area contributed by atoms with Gasteiger partial charge in [-0.3, -0.25) is 19.5 Å². The molecule has 1 fully saturated rings. The van der Waals surface area contributed by atoms with Gasteiger partial charge < -0.3 is 29.2 Å². The van der Waals surface area contributed by atoms with Crippen LogP contribution in [0.15, 0.2) is 77.1 Å². The van der Waals surface area contributed by atoms with Crippen LogP contribution in [0, 0.1) is 11.8 Å². The van der Waals surface area contributed by atoms with E-state index in [0.717, 1.165) is 11.3 Å². The normalized spacial score (nSPS) is 23.0. The van der Waals surface area contributed by atoms with Crippen molar-refractivity contribution >= 4 is 37.0 Å². The lowest BCUT2D eigenvalue weighted by Crippen LogP contribution is -2.68. The number of nitrogens with zero attached hydrogens (tertiary/aromatic N) is 3. The van der Waals surface area contributed by atoms with Crippen molar-refractivity contribution in [2.45, 2.75) is 70.0 Å². The first-order valence-electron chi connectivity index (χ1n) is 17.2. The molecule has 11 nitrogen and oxygen atoms in total. The summed E-state index contributed by atoms with van der Waals surface area (Å²) in [6, 6.07) is 15.9. The standard InChI is InChI=1S/C39H44N4O7Si/c1-38(2,3)51(6,7)50-39-27(32(43(4)5)34-31(36(39)47)37(42-49-34)48-21-22-11-9-8-10-12-22)19-24-17-23-18-26(41-25-13-15-40-16-14-25)20-28(44)29(23)33(45)30(24)35(39)46/h8-16,18,20,24,27,32,44-45H,17,19,21H2,1-7H3,(H,40,41)/t24-,27-,32-,39?/m0/s1. The van der Waals surface area contributed by atoms with Crippen molar-refractivity contribution in [2.24, 2.45) is 11.8 Å². The molecule has 0 saturated heterocycles. The van der Waals surface area contributed by atoms with E-state index in [1.165, 1.54) is 6.07 Å². The van der Waals surface area contributed by atoms with Gasteiger partial charge in [0.1, 0.15) is 23.7 Å². The van der Waals surface area contributed by atoms with E-state index in [1.54, 1.807) is 12.4 Å². The molecular weight excluding hydrogens is 665 g/mol. The van der Waals surface area contributed by atoms with Gasteiger partial charge in [-0.15, -0.1) is 0 Å². The molecule has 0 aliphatic heterocycles. The molecule has 266 valence electrons. The van der Waals surface area contributed by atoms with Crippen LogP contribution in [0.4, 0.5) is 11.4 Å². The smallest absolute Gasteiger partial charge is 0.265 e. The van der Waals surface area contributed by atoms with Crippen molar-refractivity contribution in [1.82, 2.24) is 15.0 Å². The Balaban J connectivity index is 1.38. The van der Waals surface area contributed by atoms with Crippen LogP contribution < -0.4 is 10.1 Å². The van der Waals surface area contributed by atoms with Crippen LogP contribution in [0.1, 0.15) is 66.0 Å². The third-order valence-electron chi connectivity index (χ3n) is 11.1. The molecule has 7 rings (SSSR count). The fraction of sp³-hybridized carbons (Fsp3) is 0.385. The van der Waals surface area contributed by atoms with E-state index < -0.39 is 43.4 Å². The number of carbonyl (C=O) groups is 2. The van der Waals surface area contributed by atoms with Crippen molar-refractivity contribution < 1.29 is 33.5 Å². The predicted octanol–water partition coefficient (Wildman–Crippen LogP) is 7.39. The topological polar surface area (TPSA) is 147 Å². The number of ketones is 2. The molecule has 1 saturated carbocycles. The number of aromatic nitrogens is 2. The molecule has 12 heteroatoms. The fourth-order valence-electron chi connectivity index (χ4n) is 7.66. The zero-order chi connectivity index (χ0) is 36.5. The summed E-state index contributed by atoms with van der Waals surface area (Å²) >= 11 is 0. The molecule has 0 amide bonds. The molecule has 2 aromatic carbocycles. The van der Waals surface area contributed by atoms with Crippen LogP contribution in [-0.2, 0) is 22.2 Å². The zero-order valence-corrected chi connectivity index (χ0v) is 31.0. The minimum atomic E-state index is -2.87. The fourth-order valence-corrected chi connectivity index (χ4v) is 9.10. The van der Waals surface area contributed by atoms with Gasteiger partial charge in [0.2, 0.25) is 11.6 Å². The number of pyridine rings is 1. The van der Waals surface area contributed by atoms with Gasteiger partial charge in [0, 0.05) is 41.3 Å². The number of ether oxygens (including phenoxy) is 1. The second kappa shape index (κ2) is 12.5. The highest BCUT2D eigenvalue weighted by Gasteiger charge is 2.68. The van der Waals surface area contributed by atoms with E-state index in [-0.39, 0.29) is 45.7 Å². The lowest BCUT2D eigenvalue weighted by molar-refractivity contribution is -0.140. The number of phenolic OH excluding ortho intramolecular Hbond substituents is 1. The molecule has 2 heterocycles. The van der Waals surface area contributed by atoms with Gasteiger partial charge in [0.25, 0.3) is 5.88 Å². The van der Waals surface area contributed by atoms with E-state index in [0.29, 0.717) is 29.9 Å². The van der Waals surface area contributed by atoms with Crippen LogP contribution in [0.5, 0.6) is 11.6 Å². The van der Waals surface area contributed by atoms with Gasteiger partial charge in [-0.2, -0.15) is 0 Å². The van der Waals surface area contributed by atoms with E-state index in [2.05, 4.69) is 36.2 Å². The molecule has 1 unspecified atom stereocenters. The number of Topliss-reactive ketones (excluding diaryl/α,β-unsaturated/α-hetero) is 2. The molecule has 0 spiro atoms. The number of hydrogen-bond acceptors (Lipinski definition) is 11. The first-order chi connectivity index (χ1) is 24.1. The monoisotopic (exact) mass is 708 g/mol. The highest BCUT2D eigenvalue weighted by molar-refractivity contribution is 6.74. The Bertz CT molecular complexity index is 2040. The molecule has 0 bridgehead atoms. The van der Waals surface area contributed by atoms with Gasteiger partial charge in [0.05, 0.1) is 11.6 Å². The Morgan fingerprint density at radius 2 is 1.71 bits per heavy atom. The largest absolute Gasteiger partial charge is 0.507 e. The number of carbonyl (C=O) groups excluding carboxylic acids is 2. The Morgan fingerprint density at radius 3 is 2.37 bits per heavy atom. The van der Waals surface area contributed by atoms with Crippen molar-refractivity contribution in [1.29, 1.82) is 0 Å². The molecule has 3 N–H and O–H groups in total. The number of aromatic hydroxyl groups is 1. The molecule has 51 heavy (non-hydrogen) atoms. The molecular formula is C39H44N4O7Si. The summed E-state index contributed by atoms with van der Waals surface area (Å²) in [5.74, 6) is -2.50. The van der Waals surface area contributed by atoms with Crippen molar-refractivity contribution in [3.05, 3.63) is 101 Å². The van der Waals surface area contributed by atoms with E-state index in [4.69, 9.17) is 13.7 Å². The summed E-state index contributed by atoms with van der Waals surface area (Å²) < 4.78 is 19.2. The van der Waals surface area contributed by atoms with E-state index in [9.17, 15) is 10.2 Å². The molecule has 3 aliphatic rings. The van der Waals surface area contributed by atoms with Crippen molar-refractivity contribution in [3.8, 4) is 11.6 Å². The van der Waals surface area contributed by atoms with E-state index in [1.807, 2.05) is 80.6 Å². The quantitative estimate of drug-likeness (QED) is 0.124. The number of fused-ring (bicyclic) bond motifs is 4. The number of hydrogen-bond donors (Lipinski definition) is 3. The lowest BCUT2D eigenvalue weighted by atomic mass is 9.57. The number of rotatable bonds is 8. The SMILES string of the molecule is CN(C)[C@@H]1c2onc(OCc3ccccc3)c2C(=O)C2(O[Si](C)(C)C(C)(C)C)C(=O)C3=C(O)c4c(O)cc(Nc5ccncc5)cc4C[C@H]3C[C@@H]12. The summed E-state index contributed by atoms with van der Waals surface area (Å²) in [5, 5.41) is 30.5. The van der Waals surface area contributed by atoms with Gasteiger partial charge in [-0.05, 0) is 85.5 Å². The van der Waals surface area contributed by atoms with Crippen LogP contribution in [0.2, 0.25) is 18.1 Å². The van der Waals surface area contributed by atoms with Gasteiger partial charge >= 0.3 is 0 Å². The summed E-state index contributed by atoms with van der Waals surface area (Å²) in [7, 11) is 0.892. The number of aliphatic hydroxyl groups excluding tert-OH is 1. The minimum Gasteiger partial charge on any atom is -0.507 e. The highest BCUT2D eigenvalue weighted by atomic mass is 28.4. The Kier molecular flexibility index (Phi) is 8.47. The molecule has 2 aromatic heterocycles. The van der Waals surface area contributed by atoms with Gasteiger partial charge in [-0.25, -0.2) is 0 Å². The minimum absolute atomic E-state index is 0.00338. The maximum absolute atomic E-state index is 15.4. The number of benzene rings is 2. The maximum atomic E-state index is 15.4. The first kappa shape index (κ1) is 34.7. The number of anilines is 2. The molecule has 0 radical (unpaired) electrons. The van der Waals surface area contributed by atoms with E-state index >= 15 is 9.59 Å². The molecule has 4 atom stereocenters. The van der Waals surface area contributed by atoms with Crippen LogP contribution in [-0.4, -0.2) is 64.8 Å². The number of phenols is 1. The Labute approximate surface area is 298 Å². The highest BCUT2D eigenvalue weighted by Crippen LogP contribution is 2.59. The average Bonchev–Trinajstić information content (AvgIpc) is 3.48. The van der Waals surface area contributed by atoms with Gasteiger partial charge in [-0.1, -0.05) is 51.1 Å². The Hall–Kier alpha value is -4.78. The molecule has 3 aliphatic carbocycles. The van der Waals surface area contributed by atoms with Crippen LogP contribution >= 0.6 is 0 Å². The van der Waals surface area contributed by atoms with Crippen molar-refractivity contribution in [2.75, 3.05) is 19.4 Å².